The first-order chi connectivity index (χ1) is 8.16. The molecule has 0 bridgehead atoms. The third-order valence-electron chi connectivity index (χ3n) is 2.92. The van der Waals surface area contributed by atoms with Crippen molar-refractivity contribution in [2.45, 2.75) is 18.9 Å². The summed E-state index contributed by atoms with van der Waals surface area (Å²) in [6, 6.07) is 2.91. The third-order valence-corrected chi connectivity index (χ3v) is 2.92. The van der Waals surface area contributed by atoms with Gasteiger partial charge in [0.05, 0.1) is 0 Å². The highest BCUT2D eigenvalue weighted by Crippen LogP contribution is 2.15. The summed E-state index contributed by atoms with van der Waals surface area (Å²) in [4.78, 5) is 17.3. The maximum absolute atomic E-state index is 13.2. The Kier molecular flexibility index (Phi) is 3.68. The number of ether oxygens (including phenoxy) is 1. The largest absolute Gasteiger partial charge is 0.459 e. The second-order valence-corrected chi connectivity index (χ2v) is 4.25. The van der Waals surface area contributed by atoms with Gasteiger partial charge < -0.3 is 9.64 Å². The Bertz CT molecular complexity index is 403. The van der Waals surface area contributed by atoms with E-state index in [4.69, 9.17) is 4.74 Å². The van der Waals surface area contributed by atoms with E-state index < -0.39 is 11.9 Å². The molecule has 0 radical (unpaired) electrons. The zero-order valence-electron chi connectivity index (χ0n) is 9.73. The summed E-state index contributed by atoms with van der Waals surface area (Å²) >= 11 is 0. The number of carbonyl (C=O) groups is 1. The van der Waals surface area contributed by atoms with Crippen molar-refractivity contribution in [1.82, 2.24) is 9.88 Å². The van der Waals surface area contributed by atoms with Crippen molar-refractivity contribution in [2.24, 2.45) is 0 Å². The van der Waals surface area contributed by atoms with Crippen LogP contribution in [-0.4, -0.2) is 42.1 Å². The maximum atomic E-state index is 13.2. The monoisotopic (exact) mass is 238 g/mol. The van der Waals surface area contributed by atoms with Gasteiger partial charge in [-0.1, -0.05) is 0 Å². The molecule has 0 N–H and O–H groups in total. The van der Waals surface area contributed by atoms with Gasteiger partial charge in [0.25, 0.3) is 0 Å². The van der Waals surface area contributed by atoms with Crippen LogP contribution >= 0.6 is 0 Å². The Labute approximate surface area is 99.4 Å². The number of piperidine rings is 1. The fourth-order valence-corrected chi connectivity index (χ4v) is 1.86. The first kappa shape index (κ1) is 12.0. The average Bonchev–Trinajstić information content (AvgIpc) is 2.32. The molecule has 0 atom stereocenters. The standard InChI is InChI=1S/C12H15FN2O2/c1-15-7-4-9(5-8-15)17-12(16)10-3-2-6-14-11(10)13/h2-3,6,9H,4-5,7-8H2,1H3. The van der Waals surface area contributed by atoms with Crippen LogP contribution in [0.2, 0.25) is 0 Å². The van der Waals surface area contributed by atoms with E-state index in [0.717, 1.165) is 25.9 Å². The van der Waals surface area contributed by atoms with E-state index >= 15 is 0 Å². The second-order valence-electron chi connectivity index (χ2n) is 4.25. The number of rotatable bonds is 2. The van der Waals surface area contributed by atoms with Crippen molar-refractivity contribution in [3.05, 3.63) is 29.8 Å². The van der Waals surface area contributed by atoms with Gasteiger partial charge in [-0.25, -0.2) is 9.78 Å². The Morgan fingerprint density at radius 2 is 2.24 bits per heavy atom. The minimum absolute atomic E-state index is 0.0913. The molecular weight excluding hydrogens is 223 g/mol. The normalized spacial score (nSPS) is 18.0. The summed E-state index contributed by atoms with van der Waals surface area (Å²) in [5.74, 6) is -1.39. The van der Waals surface area contributed by atoms with Crippen LogP contribution in [0.1, 0.15) is 23.2 Å². The molecule has 1 aliphatic heterocycles. The molecule has 2 rings (SSSR count). The molecule has 17 heavy (non-hydrogen) atoms. The number of nitrogens with zero attached hydrogens (tertiary/aromatic N) is 2. The number of likely N-dealkylation sites (tertiary alicyclic amines) is 1. The minimum atomic E-state index is -0.773. The van der Waals surface area contributed by atoms with Gasteiger partial charge in [-0.2, -0.15) is 4.39 Å². The number of hydrogen-bond acceptors (Lipinski definition) is 4. The van der Waals surface area contributed by atoms with Crippen molar-refractivity contribution < 1.29 is 13.9 Å². The lowest BCUT2D eigenvalue weighted by molar-refractivity contribution is 0.0134. The smallest absolute Gasteiger partial charge is 0.343 e. The van der Waals surface area contributed by atoms with Crippen LogP contribution in [-0.2, 0) is 4.74 Å². The van der Waals surface area contributed by atoms with Crippen LogP contribution in [0.3, 0.4) is 0 Å². The van der Waals surface area contributed by atoms with Crippen LogP contribution in [0.15, 0.2) is 18.3 Å². The highest BCUT2D eigenvalue weighted by molar-refractivity contribution is 5.89. The topological polar surface area (TPSA) is 42.4 Å². The predicted octanol–water partition coefficient (Wildman–Crippen LogP) is 1.47. The maximum Gasteiger partial charge on any atom is 0.343 e. The van der Waals surface area contributed by atoms with Crippen LogP contribution in [0, 0.1) is 5.95 Å². The van der Waals surface area contributed by atoms with Crippen molar-refractivity contribution in [3.63, 3.8) is 0 Å². The summed E-state index contributed by atoms with van der Waals surface area (Å²) in [6.45, 7) is 1.79. The van der Waals surface area contributed by atoms with E-state index in [0.29, 0.717) is 0 Å². The van der Waals surface area contributed by atoms with Gasteiger partial charge in [-0.05, 0) is 32.0 Å². The van der Waals surface area contributed by atoms with Crippen LogP contribution < -0.4 is 0 Å². The number of aromatic nitrogens is 1. The molecule has 5 heteroatoms. The lowest BCUT2D eigenvalue weighted by Crippen LogP contribution is -2.35. The fraction of sp³-hybridized carbons (Fsp3) is 0.500. The van der Waals surface area contributed by atoms with Gasteiger partial charge in [0.15, 0.2) is 0 Å². The van der Waals surface area contributed by atoms with Crippen LogP contribution in [0.5, 0.6) is 0 Å². The molecule has 0 saturated carbocycles. The number of halogens is 1. The fourth-order valence-electron chi connectivity index (χ4n) is 1.86. The first-order valence-electron chi connectivity index (χ1n) is 5.67. The third kappa shape index (κ3) is 3.00. The molecule has 1 aromatic heterocycles. The lowest BCUT2D eigenvalue weighted by Gasteiger charge is -2.28. The predicted molar refractivity (Wildman–Crippen MR) is 60.1 cm³/mol. The number of carbonyl (C=O) groups excluding carboxylic acids is 1. The van der Waals surface area contributed by atoms with Crippen molar-refractivity contribution in [1.29, 1.82) is 0 Å². The summed E-state index contributed by atoms with van der Waals surface area (Å²) in [6.07, 6.45) is 2.79. The Morgan fingerprint density at radius 1 is 1.53 bits per heavy atom. The van der Waals surface area contributed by atoms with Crippen molar-refractivity contribution >= 4 is 5.97 Å². The molecular formula is C12H15FN2O2. The van der Waals surface area contributed by atoms with Gasteiger partial charge >= 0.3 is 5.97 Å². The molecule has 0 unspecified atom stereocenters. The van der Waals surface area contributed by atoms with Gasteiger partial charge in [-0.3, -0.25) is 0 Å². The molecule has 0 aromatic carbocycles. The van der Waals surface area contributed by atoms with Crippen molar-refractivity contribution in [3.8, 4) is 0 Å². The van der Waals surface area contributed by atoms with E-state index in [1.165, 1.54) is 18.3 Å². The molecule has 2 heterocycles. The van der Waals surface area contributed by atoms with Gasteiger partial charge in [-0.15, -0.1) is 0 Å². The number of esters is 1. The summed E-state index contributed by atoms with van der Waals surface area (Å²) < 4.78 is 18.5. The Balaban J connectivity index is 1.96. The van der Waals surface area contributed by atoms with E-state index in [1.54, 1.807) is 0 Å². The molecule has 0 amide bonds. The van der Waals surface area contributed by atoms with E-state index in [2.05, 4.69) is 9.88 Å². The second kappa shape index (κ2) is 5.23. The van der Waals surface area contributed by atoms with Crippen molar-refractivity contribution in [2.75, 3.05) is 20.1 Å². The van der Waals surface area contributed by atoms with Crippen LogP contribution in [0.4, 0.5) is 4.39 Å². The molecule has 1 aromatic rings. The zero-order chi connectivity index (χ0) is 12.3. The number of pyridine rings is 1. The zero-order valence-corrected chi connectivity index (χ0v) is 9.73. The van der Waals surface area contributed by atoms with E-state index in [-0.39, 0.29) is 11.7 Å². The summed E-state index contributed by atoms with van der Waals surface area (Å²) in [5.41, 5.74) is -0.0913. The highest BCUT2D eigenvalue weighted by Gasteiger charge is 2.22. The molecule has 1 aliphatic rings. The van der Waals surface area contributed by atoms with E-state index in [1.807, 2.05) is 7.05 Å². The molecule has 4 nitrogen and oxygen atoms in total. The van der Waals surface area contributed by atoms with Gasteiger partial charge in [0.2, 0.25) is 5.95 Å². The summed E-state index contributed by atoms with van der Waals surface area (Å²) in [5, 5.41) is 0. The van der Waals surface area contributed by atoms with Gasteiger partial charge in [0, 0.05) is 19.3 Å². The molecule has 0 aliphatic carbocycles. The lowest BCUT2D eigenvalue weighted by atomic mass is 10.1. The number of hydrogen-bond donors (Lipinski definition) is 0. The van der Waals surface area contributed by atoms with Crippen LogP contribution in [0.25, 0.3) is 0 Å². The summed E-state index contributed by atoms with van der Waals surface area (Å²) in [7, 11) is 2.03. The minimum Gasteiger partial charge on any atom is -0.459 e. The Morgan fingerprint density at radius 3 is 2.88 bits per heavy atom. The quantitative estimate of drug-likeness (QED) is 0.578. The molecule has 1 fully saturated rings. The van der Waals surface area contributed by atoms with E-state index in [9.17, 15) is 9.18 Å². The average molecular weight is 238 g/mol. The first-order valence-corrected chi connectivity index (χ1v) is 5.67. The Hall–Kier alpha value is -1.49. The van der Waals surface area contributed by atoms with Gasteiger partial charge in [0.1, 0.15) is 11.7 Å². The molecule has 1 saturated heterocycles. The molecule has 92 valence electrons. The SMILES string of the molecule is CN1CCC(OC(=O)c2cccnc2F)CC1. The highest BCUT2D eigenvalue weighted by atomic mass is 19.1. The molecule has 0 spiro atoms.